The lowest BCUT2D eigenvalue weighted by Gasteiger charge is -2.03. The Hall–Kier alpha value is -2.13. The van der Waals surface area contributed by atoms with Crippen LogP contribution in [0.3, 0.4) is 0 Å². The fourth-order valence-electron chi connectivity index (χ4n) is 2.33. The van der Waals surface area contributed by atoms with E-state index in [1.807, 2.05) is 18.3 Å². The Morgan fingerprint density at radius 2 is 1.95 bits per heavy atom. The summed E-state index contributed by atoms with van der Waals surface area (Å²) in [6.07, 6.45) is 2.92. The molecule has 0 atom stereocenters. The van der Waals surface area contributed by atoms with Gasteiger partial charge in [0.05, 0.1) is 12.7 Å². The van der Waals surface area contributed by atoms with Crippen molar-refractivity contribution in [2.24, 2.45) is 0 Å². The standard InChI is InChI=1S/C17H18N2O/c1-2-10-18-12-17-19-11-16(20-17)15-9-5-7-13-6-3-4-8-14(13)15/h3-9,11,18H,2,10,12H2,1H3. The molecule has 0 aliphatic carbocycles. The number of hydrogen-bond donors (Lipinski definition) is 1. The molecular weight excluding hydrogens is 248 g/mol. The first-order valence-corrected chi connectivity index (χ1v) is 7.02. The second-order valence-electron chi connectivity index (χ2n) is 4.82. The number of hydrogen-bond acceptors (Lipinski definition) is 3. The Balaban J connectivity index is 1.91. The number of benzene rings is 2. The van der Waals surface area contributed by atoms with Gasteiger partial charge in [-0.15, -0.1) is 0 Å². The molecule has 0 fully saturated rings. The fourth-order valence-corrected chi connectivity index (χ4v) is 2.33. The van der Waals surface area contributed by atoms with Crippen LogP contribution in [-0.4, -0.2) is 11.5 Å². The van der Waals surface area contributed by atoms with Gasteiger partial charge in [0.25, 0.3) is 0 Å². The first-order chi connectivity index (χ1) is 9.88. The Labute approximate surface area is 118 Å². The van der Waals surface area contributed by atoms with E-state index in [2.05, 4.69) is 47.6 Å². The Kier molecular flexibility index (Phi) is 3.79. The molecular formula is C17H18N2O. The van der Waals surface area contributed by atoms with Crippen LogP contribution in [-0.2, 0) is 6.54 Å². The quantitative estimate of drug-likeness (QED) is 0.709. The summed E-state index contributed by atoms with van der Waals surface area (Å²) in [4.78, 5) is 4.34. The van der Waals surface area contributed by atoms with Crippen molar-refractivity contribution in [2.45, 2.75) is 19.9 Å². The molecule has 0 aliphatic rings. The molecule has 0 radical (unpaired) electrons. The number of oxazole rings is 1. The maximum atomic E-state index is 5.85. The van der Waals surface area contributed by atoms with E-state index in [9.17, 15) is 0 Å². The van der Waals surface area contributed by atoms with Crippen LogP contribution in [0.25, 0.3) is 22.1 Å². The van der Waals surface area contributed by atoms with Crippen molar-refractivity contribution >= 4 is 10.8 Å². The minimum Gasteiger partial charge on any atom is -0.439 e. The third kappa shape index (κ3) is 2.58. The summed E-state index contributed by atoms with van der Waals surface area (Å²) in [5, 5.41) is 5.71. The van der Waals surface area contributed by atoms with E-state index in [0.29, 0.717) is 6.54 Å². The van der Waals surface area contributed by atoms with Crippen molar-refractivity contribution in [3.8, 4) is 11.3 Å². The van der Waals surface area contributed by atoms with Crippen LogP contribution in [0.5, 0.6) is 0 Å². The minimum absolute atomic E-state index is 0.679. The molecule has 0 saturated carbocycles. The highest BCUT2D eigenvalue weighted by Crippen LogP contribution is 2.28. The van der Waals surface area contributed by atoms with Crippen LogP contribution in [0, 0.1) is 0 Å². The van der Waals surface area contributed by atoms with Crippen molar-refractivity contribution in [3.05, 3.63) is 54.6 Å². The van der Waals surface area contributed by atoms with Crippen molar-refractivity contribution in [1.29, 1.82) is 0 Å². The molecule has 0 bridgehead atoms. The number of nitrogens with zero attached hydrogens (tertiary/aromatic N) is 1. The SMILES string of the molecule is CCCNCc1ncc(-c2cccc3ccccc23)o1. The molecule has 1 heterocycles. The zero-order valence-corrected chi connectivity index (χ0v) is 11.6. The predicted octanol–water partition coefficient (Wildman–Crippen LogP) is 3.99. The van der Waals surface area contributed by atoms with Crippen LogP contribution < -0.4 is 5.32 Å². The normalized spacial score (nSPS) is 11.1. The number of rotatable bonds is 5. The summed E-state index contributed by atoms with van der Waals surface area (Å²) in [7, 11) is 0. The van der Waals surface area contributed by atoms with E-state index >= 15 is 0 Å². The van der Waals surface area contributed by atoms with Gasteiger partial charge in [-0.3, -0.25) is 0 Å². The second-order valence-corrected chi connectivity index (χ2v) is 4.82. The molecule has 1 N–H and O–H groups in total. The molecule has 0 amide bonds. The van der Waals surface area contributed by atoms with Crippen LogP contribution in [0.4, 0.5) is 0 Å². The lowest BCUT2D eigenvalue weighted by Crippen LogP contribution is -2.13. The van der Waals surface area contributed by atoms with E-state index < -0.39 is 0 Å². The van der Waals surface area contributed by atoms with E-state index in [1.54, 1.807) is 0 Å². The van der Waals surface area contributed by atoms with Gasteiger partial charge < -0.3 is 9.73 Å². The van der Waals surface area contributed by atoms with Gasteiger partial charge >= 0.3 is 0 Å². The van der Waals surface area contributed by atoms with E-state index in [0.717, 1.165) is 30.2 Å². The molecule has 1 aromatic heterocycles. The summed E-state index contributed by atoms with van der Waals surface area (Å²) in [6, 6.07) is 14.6. The van der Waals surface area contributed by atoms with E-state index in [-0.39, 0.29) is 0 Å². The maximum Gasteiger partial charge on any atom is 0.208 e. The Bertz CT molecular complexity index is 698. The van der Waals surface area contributed by atoms with Gasteiger partial charge in [-0.1, -0.05) is 49.4 Å². The molecule has 3 heteroatoms. The summed E-state index contributed by atoms with van der Waals surface area (Å²) < 4.78 is 5.85. The van der Waals surface area contributed by atoms with Crippen LogP contribution in [0.15, 0.2) is 53.1 Å². The zero-order valence-electron chi connectivity index (χ0n) is 11.6. The Morgan fingerprint density at radius 3 is 2.85 bits per heavy atom. The highest BCUT2D eigenvalue weighted by atomic mass is 16.4. The lowest BCUT2D eigenvalue weighted by molar-refractivity contribution is 0.478. The van der Waals surface area contributed by atoms with Gasteiger partial charge in [0.1, 0.15) is 0 Å². The molecule has 3 aromatic rings. The van der Waals surface area contributed by atoms with E-state index in [4.69, 9.17) is 4.42 Å². The van der Waals surface area contributed by atoms with Gasteiger partial charge in [-0.25, -0.2) is 4.98 Å². The maximum absolute atomic E-state index is 5.85. The van der Waals surface area contributed by atoms with Crippen LogP contribution >= 0.6 is 0 Å². The van der Waals surface area contributed by atoms with Crippen molar-refractivity contribution in [3.63, 3.8) is 0 Å². The van der Waals surface area contributed by atoms with Crippen molar-refractivity contribution in [1.82, 2.24) is 10.3 Å². The summed E-state index contributed by atoms with van der Waals surface area (Å²) >= 11 is 0. The average molecular weight is 266 g/mol. The van der Waals surface area contributed by atoms with Gasteiger partial charge in [-0.2, -0.15) is 0 Å². The van der Waals surface area contributed by atoms with Gasteiger partial charge in [-0.05, 0) is 23.7 Å². The summed E-state index contributed by atoms with van der Waals surface area (Å²) in [6.45, 7) is 3.80. The monoisotopic (exact) mass is 266 g/mol. The van der Waals surface area contributed by atoms with Gasteiger partial charge in [0.2, 0.25) is 5.89 Å². The van der Waals surface area contributed by atoms with Crippen molar-refractivity contribution in [2.75, 3.05) is 6.54 Å². The number of nitrogens with one attached hydrogen (secondary N) is 1. The molecule has 3 rings (SSSR count). The third-order valence-corrected chi connectivity index (χ3v) is 3.31. The predicted molar refractivity (Wildman–Crippen MR) is 81.4 cm³/mol. The zero-order chi connectivity index (χ0) is 13.8. The summed E-state index contributed by atoms with van der Waals surface area (Å²) in [5.74, 6) is 1.57. The van der Waals surface area contributed by atoms with Gasteiger partial charge in [0.15, 0.2) is 5.76 Å². The molecule has 0 unspecified atom stereocenters. The summed E-state index contributed by atoms with van der Waals surface area (Å²) in [5.41, 5.74) is 1.09. The third-order valence-electron chi connectivity index (χ3n) is 3.31. The first-order valence-electron chi connectivity index (χ1n) is 7.02. The molecule has 3 nitrogen and oxygen atoms in total. The van der Waals surface area contributed by atoms with Gasteiger partial charge in [0, 0.05) is 5.56 Å². The Morgan fingerprint density at radius 1 is 1.10 bits per heavy atom. The topological polar surface area (TPSA) is 38.1 Å². The van der Waals surface area contributed by atoms with E-state index in [1.165, 1.54) is 10.8 Å². The largest absolute Gasteiger partial charge is 0.439 e. The molecule has 20 heavy (non-hydrogen) atoms. The molecule has 102 valence electrons. The highest BCUT2D eigenvalue weighted by Gasteiger charge is 2.09. The van der Waals surface area contributed by atoms with Crippen LogP contribution in [0.1, 0.15) is 19.2 Å². The van der Waals surface area contributed by atoms with Crippen molar-refractivity contribution < 1.29 is 4.42 Å². The first kappa shape index (κ1) is 12.9. The molecule has 0 aliphatic heterocycles. The minimum atomic E-state index is 0.679. The highest BCUT2D eigenvalue weighted by molar-refractivity contribution is 5.95. The lowest BCUT2D eigenvalue weighted by atomic mass is 10.0. The molecule has 0 saturated heterocycles. The molecule has 2 aromatic carbocycles. The fraction of sp³-hybridized carbons (Fsp3) is 0.235. The second kappa shape index (κ2) is 5.88. The number of aromatic nitrogens is 1. The average Bonchev–Trinajstić information content (AvgIpc) is 2.96. The van der Waals surface area contributed by atoms with Crippen LogP contribution in [0.2, 0.25) is 0 Å². The smallest absolute Gasteiger partial charge is 0.208 e. The molecule has 0 spiro atoms. The number of fused-ring (bicyclic) bond motifs is 1.